The van der Waals surface area contributed by atoms with Crippen molar-refractivity contribution in [3.8, 4) is 0 Å². The number of hydrogen-bond acceptors (Lipinski definition) is 2. The standard InChI is InChI=1S/C9H15NO/c1-3-11-7-9-6-8(2)4-5-10-9/h5-6,8H,3-4,7H2,1-2H3. The van der Waals surface area contributed by atoms with Gasteiger partial charge in [0.1, 0.15) is 0 Å². The van der Waals surface area contributed by atoms with Crippen molar-refractivity contribution in [2.75, 3.05) is 13.2 Å². The predicted octanol–water partition coefficient (Wildman–Crippen LogP) is 2.02. The number of hydrogen-bond donors (Lipinski definition) is 0. The van der Waals surface area contributed by atoms with Crippen LogP contribution >= 0.6 is 0 Å². The molecule has 0 aromatic rings. The van der Waals surface area contributed by atoms with Gasteiger partial charge in [-0.3, -0.25) is 4.99 Å². The summed E-state index contributed by atoms with van der Waals surface area (Å²) in [5.41, 5.74) is 1.07. The van der Waals surface area contributed by atoms with Crippen LogP contribution in [0.25, 0.3) is 0 Å². The highest BCUT2D eigenvalue weighted by Crippen LogP contribution is 2.12. The summed E-state index contributed by atoms with van der Waals surface area (Å²) < 4.78 is 5.24. The van der Waals surface area contributed by atoms with E-state index in [-0.39, 0.29) is 0 Å². The van der Waals surface area contributed by atoms with Crippen molar-refractivity contribution < 1.29 is 4.74 Å². The molecule has 0 aromatic heterocycles. The molecule has 0 bridgehead atoms. The third-order valence-electron chi connectivity index (χ3n) is 1.67. The van der Waals surface area contributed by atoms with Crippen LogP contribution in [0.2, 0.25) is 0 Å². The first-order valence-corrected chi connectivity index (χ1v) is 4.14. The minimum Gasteiger partial charge on any atom is -0.375 e. The Morgan fingerprint density at radius 2 is 2.55 bits per heavy atom. The van der Waals surface area contributed by atoms with E-state index in [9.17, 15) is 0 Å². The van der Waals surface area contributed by atoms with E-state index in [1.807, 2.05) is 13.1 Å². The van der Waals surface area contributed by atoms with Crippen LogP contribution in [0.1, 0.15) is 20.3 Å². The van der Waals surface area contributed by atoms with Crippen LogP contribution in [0.3, 0.4) is 0 Å². The highest BCUT2D eigenvalue weighted by molar-refractivity contribution is 5.61. The maximum Gasteiger partial charge on any atom is 0.0884 e. The third-order valence-corrected chi connectivity index (χ3v) is 1.67. The van der Waals surface area contributed by atoms with Gasteiger partial charge in [-0.2, -0.15) is 0 Å². The highest BCUT2D eigenvalue weighted by Gasteiger charge is 2.04. The molecular formula is C9H15NO. The van der Waals surface area contributed by atoms with Crippen LogP contribution in [-0.4, -0.2) is 19.4 Å². The van der Waals surface area contributed by atoms with E-state index < -0.39 is 0 Å². The number of rotatable bonds is 3. The van der Waals surface area contributed by atoms with Crippen molar-refractivity contribution >= 4 is 6.21 Å². The van der Waals surface area contributed by atoms with Gasteiger partial charge in [0.05, 0.1) is 12.3 Å². The summed E-state index contributed by atoms with van der Waals surface area (Å²) >= 11 is 0. The lowest BCUT2D eigenvalue weighted by atomic mass is 10.1. The third kappa shape index (κ3) is 2.85. The van der Waals surface area contributed by atoms with E-state index in [0.29, 0.717) is 12.5 Å². The Bertz CT molecular complexity index is 172. The van der Waals surface area contributed by atoms with Crippen molar-refractivity contribution in [1.82, 2.24) is 0 Å². The normalized spacial score (nSPS) is 23.5. The van der Waals surface area contributed by atoms with Gasteiger partial charge in [0, 0.05) is 12.8 Å². The Balaban J connectivity index is 2.37. The van der Waals surface area contributed by atoms with Gasteiger partial charge in [0.15, 0.2) is 0 Å². The van der Waals surface area contributed by atoms with Gasteiger partial charge in [0.25, 0.3) is 0 Å². The Labute approximate surface area is 68.0 Å². The van der Waals surface area contributed by atoms with Crippen LogP contribution in [0, 0.1) is 5.92 Å². The zero-order chi connectivity index (χ0) is 8.10. The van der Waals surface area contributed by atoms with Gasteiger partial charge >= 0.3 is 0 Å². The molecule has 0 N–H and O–H groups in total. The van der Waals surface area contributed by atoms with E-state index in [2.05, 4.69) is 18.0 Å². The molecule has 1 atom stereocenters. The molecule has 1 aliphatic heterocycles. The molecule has 2 heteroatoms. The summed E-state index contributed by atoms with van der Waals surface area (Å²) in [6, 6.07) is 0. The van der Waals surface area contributed by atoms with Crippen LogP contribution in [0.15, 0.2) is 16.8 Å². The molecule has 0 aromatic carbocycles. The summed E-state index contributed by atoms with van der Waals surface area (Å²) in [6.07, 6.45) is 5.21. The van der Waals surface area contributed by atoms with Crippen molar-refractivity contribution in [2.24, 2.45) is 10.9 Å². The van der Waals surface area contributed by atoms with E-state index >= 15 is 0 Å². The Hall–Kier alpha value is -0.630. The summed E-state index contributed by atoms with van der Waals surface area (Å²) in [5, 5.41) is 0. The van der Waals surface area contributed by atoms with Gasteiger partial charge < -0.3 is 4.74 Å². The van der Waals surface area contributed by atoms with Crippen LogP contribution in [0.4, 0.5) is 0 Å². The van der Waals surface area contributed by atoms with Crippen molar-refractivity contribution in [3.05, 3.63) is 11.8 Å². The molecule has 0 saturated carbocycles. The second-order valence-corrected chi connectivity index (χ2v) is 2.82. The van der Waals surface area contributed by atoms with Crippen molar-refractivity contribution in [2.45, 2.75) is 20.3 Å². The SMILES string of the molecule is CCOCC1=CC(C)CC=N1. The molecule has 11 heavy (non-hydrogen) atoms. The summed E-state index contributed by atoms with van der Waals surface area (Å²) in [4.78, 5) is 4.23. The molecule has 0 radical (unpaired) electrons. The van der Waals surface area contributed by atoms with Gasteiger partial charge in [-0.15, -0.1) is 0 Å². The Morgan fingerprint density at radius 1 is 1.73 bits per heavy atom. The largest absolute Gasteiger partial charge is 0.375 e. The molecule has 1 unspecified atom stereocenters. The van der Waals surface area contributed by atoms with Crippen LogP contribution < -0.4 is 0 Å². The van der Waals surface area contributed by atoms with Crippen molar-refractivity contribution in [3.63, 3.8) is 0 Å². The minimum absolute atomic E-state index is 0.628. The number of allylic oxidation sites excluding steroid dienone is 1. The maximum atomic E-state index is 5.24. The number of ether oxygens (including phenoxy) is 1. The van der Waals surface area contributed by atoms with Crippen LogP contribution in [-0.2, 0) is 4.74 Å². The predicted molar refractivity (Wildman–Crippen MR) is 46.8 cm³/mol. The Morgan fingerprint density at radius 3 is 3.18 bits per heavy atom. The van der Waals surface area contributed by atoms with Gasteiger partial charge in [-0.1, -0.05) is 13.0 Å². The first-order chi connectivity index (χ1) is 5.33. The number of aliphatic imine (C=N–C) groups is 1. The van der Waals surface area contributed by atoms with Gasteiger partial charge in [-0.05, 0) is 19.3 Å². The first-order valence-electron chi connectivity index (χ1n) is 4.14. The monoisotopic (exact) mass is 153 g/mol. The van der Waals surface area contributed by atoms with E-state index in [4.69, 9.17) is 4.74 Å². The van der Waals surface area contributed by atoms with E-state index in [0.717, 1.165) is 18.7 Å². The molecular weight excluding hydrogens is 138 g/mol. The molecule has 1 rings (SSSR count). The zero-order valence-electron chi connectivity index (χ0n) is 7.21. The summed E-state index contributed by atoms with van der Waals surface area (Å²) in [7, 11) is 0. The average molecular weight is 153 g/mol. The molecule has 0 amide bonds. The molecule has 2 nitrogen and oxygen atoms in total. The lowest BCUT2D eigenvalue weighted by Crippen LogP contribution is -2.04. The topological polar surface area (TPSA) is 21.6 Å². The summed E-state index contributed by atoms with van der Waals surface area (Å²) in [5.74, 6) is 0.628. The Kier molecular flexibility index (Phi) is 3.30. The van der Waals surface area contributed by atoms with E-state index in [1.54, 1.807) is 0 Å². The maximum absolute atomic E-state index is 5.24. The second-order valence-electron chi connectivity index (χ2n) is 2.82. The number of nitrogens with zero attached hydrogens (tertiary/aromatic N) is 1. The second kappa shape index (κ2) is 4.29. The fraction of sp³-hybridized carbons (Fsp3) is 0.667. The molecule has 0 fully saturated rings. The fourth-order valence-electron chi connectivity index (χ4n) is 1.07. The first kappa shape index (κ1) is 8.47. The molecule has 62 valence electrons. The molecule has 0 saturated heterocycles. The van der Waals surface area contributed by atoms with Crippen LogP contribution in [0.5, 0.6) is 0 Å². The quantitative estimate of drug-likeness (QED) is 0.607. The summed E-state index contributed by atoms with van der Waals surface area (Å²) in [6.45, 7) is 5.62. The lowest BCUT2D eigenvalue weighted by molar-refractivity contribution is 0.169. The lowest BCUT2D eigenvalue weighted by Gasteiger charge is -2.10. The van der Waals surface area contributed by atoms with Gasteiger partial charge in [0.2, 0.25) is 0 Å². The van der Waals surface area contributed by atoms with Gasteiger partial charge in [-0.25, -0.2) is 0 Å². The van der Waals surface area contributed by atoms with E-state index in [1.165, 1.54) is 0 Å². The smallest absolute Gasteiger partial charge is 0.0884 e. The average Bonchev–Trinajstić information content (AvgIpc) is 2.01. The minimum atomic E-state index is 0.628. The molecule has 0 spiro atoms. The fourth-order valence-corrected chi connectivity index (χ4v) is 1.07. The zero-order valence-corrected chi connectivity index (χ0v) is 7.21. The molecule has 0 aliphatic carbocycles. The molecule has 1 heterocycles. The highest BCUT2D eigenvalue weighted by atomic mass is 16.5. The molecule has 1 aliphatic rings. The van der Waals surface area contributed by atoms with Crippen molar-refractivity contribution in [1.29, 1.82) is 0 Å².